The smallest absolute Gasteiger partial charge is 0.0708 e. The number of pyridine rings is 2. The minimum absolute atomic E-state index is 0.774. The summed E-state index contributed by atoms with van der Waals surface area (Å²) in [4.78, 5) is 9.22. The minimum atomic E-state index is 0.774. The van der Waals surface area contributed by atoms with Gasteiger partial charge in [-0.15, -0.1) is 0 Å². The maximum atomic E-state index is 4.73. The van der Waals surface area contributed by atoms with Gasteiger partial charge in [-0.05, 0) is 113 Å². The largest absolute Gasteiger partial charge is 0.256 e. The highest BCUT2D eigenvalue weighted by atomic mass is 14.7. The third-order valence-electron chi connectivity index (χ3n) is 9.54. The average molecular weight is 619 g/mol. The molecule has 0 amide bonds. The zero-order valence-corrected chi connectivity index (χ0v) is 27.3. The number of hydrogen-bond donors (Lipinski definition) is 0. The van der Waals surface area contributed by atoms with Crippen LogP contribution in [0.2, 0.25) is 0 Å². The molecule has 0 aliphatic heterocycles. The quantitative estimate of drug-likeness (QED) is 0.161. The molecule has 0 unspecified atom stereocenters. The fraction of sp³-hybridized carbons (Fsp3) is 0.130. The molecule has 1 saturated carbocycles. The Kier molecular flexibility index (Phi) is 8.22. The molecule has 2 nitrogen and oxygen atoms in total. The molecule has 232 valence electrons. The summed E-state index contributed by atoms with van der Waals surface area (Å²) in [6.07, 6.45) is 8.42. The number of aromatic nitrogens is 2. The Bertz CT molecular complexity index is 2160. The van der Waals surface area contributed by atoms with Crippen molar-refractivity contribution in [2.45, 2.75) is 38.5 Å². The summed E-state index contributed by atoms with van der Waals surface area (Å²) in [7, 11) is 0. The van der Waals surface area contributed by atoms with Gasteiger partial charge >= 0.3 is 0 Å². The van der Waals surface area contributed by atoms with E-state index in [0.717, 1.165) is 41.3 Å². The van der Waals surface area contributed by atoms with Crippen LogP contribution in [0.4, 0.5) is 0 Å². The predicted octanol–water partition coefficient (Wildman–Crippen LogP) is 11.8. The van der Waals surface area contributed by atoms with E-state index in [0.29, 0.717) is 0 Å². The molecule has 0 N–H and O–H groups in total. The molecule has 0 spiro atoms. The standard InChI is InChI=1S/C46H38N2/c1-32-28-34(10-9-33-11-13-39(14-12-33)45-8-4-5-26-47-45)30-42(29-32)44-7-3-2-6-43(44)38-21-23-40(24-22-38)46-31-41(25-27-48-46)37-19-17-36(18-20-37)35-15-16-35/h2-8,11-14,17-31,35H,9-10,15-16H2,1H3. The zero-order chi connectivity index (χ0) is 32.3. The Morgan fingerprint density at radius 3 is 1.81 bits per heavy atom. The second-order valence-electron chi connectivity index (χ2n) is 13.1. The van der Waals surface area contributed by atoms with Crippen LogP contribution in [0.25, 0.3) is 55.9 Å². The molecule has 2 heterocycles. The highest BCUT2D eigenvalue weighted by molar-refractivity contribution is 5.85. The summed E-state index contributed by atoms with van der Waals surface area (Å²) in [5.41, 5.74) is 17.1. The van der Waals surface area contributed by atoms with Gasteiger partial charge in [0, 0.05) is 23.5 Å². The molecular weight excluding hydrogens is 581 g/mol. The third-order valence-corrected chi connectivity index (χ3v) is 9.54. The molecule has 8 rings (SSSR count). The molecule has 0 radical (unpaired) electrons. The van der Waals surface area contributed by atoms with Gasteiger partial charge in [-0.25, -0.2) is 0 Å². The molecule has 7 aromatic rings. The van der Waals surface area contributed by atoms with Gasteiger partial charge in [0.2, 0.25) is 0 Å². The Balaban J connectivity index is 1.01. The molecular formula is C46H38N2. The first kappa shape index (κ1) is 29.8. The van der Waals surface area contributed by atoms with Crippen LogP contribution in [-0.4, -0.2) is 9.97 Å². The Hall–Kier alpha value is -5.60. The van der Waals surface area contributed by atoms with Crippen molar-refractivity contribution in [1.82, 2.24) is 9.97 Å². The van der Waals surface area contributed by atoms with Crippen molar-refractivity contribution in [1.29, 1.82) is 0 Å². The van der Waals surface area contributed by atoms with Gasteiger partial charge in [-0.3, -0.25) is 9.97 Å². The van der Waals surface area contributed by atoms with E-state index in [-0.39, 0.29) is 0 Å². The van der Waals surface area contributed by atoms with Gasteiger partial charge in [-0.2, -0.15) is 0 Å². The molecule has 5 aromatic carbocycles. The van der Waals surface area contributed by atoms with E-state index in [2.05, 4.69) is 145 Å². The number of rotatable bonds is 9. The molecule has 48 heavy (non-hydrogen) atoms. The van der Waals surface area contributed by atoms with Gasteiger partial charge in [0.25, 0.3) is 0 Å². The van der Waals surface area contributed by atoms with Gasteiger partial charge in [0.05, 0.1) is 11.4 Å². The van der Waals surface area contributed by atoms with Crippen molar-refractivity contribution >= 4 is 0 Å². The fourth-order valence-electron chi connectivity index (χ4n) is 6.77. The van der Waals surface area contributed by atoms with Crippen LogP contribution in [0.1, 0.15) is 41.0 Å². The first-order chi connectivity index (χ1) is 23.7. The van der Waals surface area contributed by atoms with Crippen LogP contribution >= 0.6 is 0 Å². The Morgan fingerprint density at radius 2 is 1.08 bits per heavy atom. The van der Waals surface area contributed by atoms with E-state index < -0.39 is 0 Å². The van der Waals surface area contributed by atoms with Crippen LogP contribution in [0.3, 0.4) is 0 Å². The van der Waals surface area contributed by atoms with Crippen molar-refractivity contribution < 1.29 is 0 Å². The van der Waals surface area contributed by atoms with Crippen LogP contribution in [0.15, 0.2) is 158 Å². The van der Waals surface area contributed by atoms with Crippen molar-refractivity contribution in [3.05, 3.63) is 180 Å². The van der Waals surface area contributed by atoms with Crippen molar-refractivity contribution in [3.8, 4) is 55.9 Å². The molecule has 0 saturated heterocycles. The fourth-order valence-corrected chi connectivity index (χ4v) is 6.77. The highest BCUT2D eigenvalue weighted by Crippen LogP contribution is 2.40. The monoisotopic (exact) mass is 618 g/mol. The van der Waals surface area contributed by atoms with E-state index >= 15 is 0 Å². The molecule has 0 atom stereocenters. The lowest BCUT2D eigenvalue weighted by Crippen LogP contribution is -1.94. The maximum Gasteiger partial charge on any atom is 0.0708 e. The first-order valence-electron chi connectivity index (χ1n) is 17.0. The molecule has 0 bridgehead atoms. The Morgan fingerprint density at radius 1 is 0.458 bits per heavy atom. The SMILES string of the molecule is Cc1cc(CCc2ccc(-c3ccccn3)cc2)cc(-c2ccccc2-c2ccc(-c3cc(-c4ccc(C5CC5)cc4)ccn3)cc2)c1. The van der Waals surface area contributed by atoms with Gasteiger partial charge in [0.15, 0.2) is 0 Å². The molecule has 2 aromatic heterocycles. The van der Waals surface area contributed by atoms with Gasteiger partial charge in [-0.1, -0.05) is 127 Å². The lowest BCUT2D eigenvalue weighted by atomic mass is 9.91. The first-order valence-corrected chi connectivity index (χ1v) is 17.0. The molecule has 1 aliphatic carbocycles. The second-order valence-corrected chi connectivity index (χ2v) is 13.1. The summed E-state index contributed by atoms with van der Waals surface area (Å²) in [6.45, 7) is 2.20. The third kappa shape index (κ3) is 6.61. The van der Waals surface area contributed by atoms with Crippen molar-refractivity contribution in [2.75, 3.05) is 0 Å². The second kappa shape index (κ2) is 13.3. The van der Waals surface area contributed by atoms with Crippen LogP contribution in [-0.2, 0) is 12.8 Å². The normalized spacial score (nSPS) is 12.6. The van der Waals surface area contributed by atoms with Crippen LogP contribution in [0, 0.1) is 6.92 Å². The zero-order valence-electron chi connectivity index (χ0n) is 27.3. The van der Waals surface area contributed by atoms with E-state index in [1.807, 2.05) is 24.5 Å². The minimum Gasteiger partial charge on any atom is -0.256 e. The number of aryl methyl sites for hydroxylation is 3. The summed E-state index contributed by atoms with van der Waals surface area (Å²) in [6, 6.07) is 52.9. The number of nitrogens with zero attached hydrogens (tertiary/aromatic N) is 2. The highest BCUT2D eigenvalue weighted by Gasteiger charge is 2.23. The molecule has 1 aliphatic rings. The van der Waals surface area contributed by atoms with Crippen LogP contribution < -0.4 is 0 Å². The summed E-state index contributed by atoms with van der Waals surface area (Å²) in [5, 5.41) is 0. The number of hydrogen-bond acceptors (Lipinski definition) is 2. The van der Waals surface area contributed by atoms with Gasteiger partial charge < -0.3 is 0 Å². The summed E-state index contributed by atoms with van der Waals surface area (Å²) >= 11 is 0. The summed E-state index contributed by atoms with van der Waals surface area (Å²) < 4.78 is 0. The topological polar surface area (TPSA) is 25.8 Å². The van der Waals surface area contributed by atoms with Crippen molar-refractivity contribution in [3.63, 3.8) is 0 Å². The van der Waals surface area contributed by atoms with E-state index in [1.54, 1.807) is 0 Å². The summed E-state index contributed by atoms with van der Waals surface area (Å²) in [5.74, 6) is 0.774. The maximum absolute atomic E-state index is 4.73. The van der Waals surface area contributed by atoms with Crippen molar-refractivity contribution in [2.24, 2.45) is 0 Å². The predicted molar refractivity (Wildman–Crippen MR) is 200 cm³/mol. The van der Waals surface area contributed by atoms with E-state index in [4.69, 9.17) is 4.98 Å². The lowest BCUT2D eigenvalue weighted by molar-refractivity contribution is 0.958. The van der Waals surface area contributed by atoms with E-state index in [1.165, 1.54) is 68.5 Å². The molecule has 2 heteroatoms. The Labute approximate surface area is 283 Å². The average Bonchev–Trinajstić information content (AvgIpc) is 4.01. The number of benzene rings is 5. The lowest BCUT2D eigenvalue weighted by Gasteiger charge is -2.14. The molecule has 1 fully saturated rings. The van der Waals surface area contributed by atoms with Crippen LogP contribution in [0.5, 0.6) is 0 Å². The van der Waals surface area contributed by atoms with Gasteiger partial charge in [0.1, 0.15) is 0 Å². The van der Waals surface area contributed by atoms with E-state index in [9.17, 15) is 0 Å².